The first-order chi connectivity index (χ1) is 9.76. The average molecular weight is 292 g/mol. The van der Waals surface area contributed by atoms with Crippen molar-refractivity contribution in [3.05, 3.63) is 23.8 Å². The van der Waals surface area contributed by atoms with E-state index in [-0.39, 0.29) is 11.8 Å². The fraction of sp³-hybridized carbons (Fsp3) is 0.429. The maximum atomic E-state index is 12.2. The van der Waals surface area contributed by atoms with E-state index in [1.807, 2.05) is 18.2 Å². The second-order valence-electron chi connectivity index (χ2n) is 4.71. The Bertz CT molecular complexity index is 559. The third-order valence-corrected chi connectivity index (χ3v) is 4.25. The third kappa shape index (κ3) is 2.75. The number of carbonyl (C=O) groups is 1. The highest BCUT2D eigenvalue weighted by molar-refractivity contribution is 8.14. The Labute approximate surface area is 121 Å². The van der Waals surface area contributed by atoms with Gasteiger partial charge in [0.25, 0.3) is 0 Å². The maximum Gasteiger partial charge on any atom is 0.232 e. The van der Waals surface area contributed by atoms with Crippen molar-refractivity contribution in [1.29, 1.82) is 0 Å². The summed E-state index contributed by atoms with van der Waals surface area (Å²) in [6.07, 6.45) is 0.663. The second-order valence-corrected chi connectivity index (χ2v) is 5.79. The van der Waals surface area contributed by atoms with Gasteiger partial charge in [0.2, 0.25) is 5.91 Å². The van der Waals surface area contributed by atoms with Gasteiger partial charge >= 0.3 is 0 Å². The molecule has 0 aromatic heterocycles. The van der Waals surface area contributed by atoms with Gasteiger partial charge in [-0.25, -0.2) is 0 Å². The fourth-order valence-corrected chi connectivity index (χ4v) is 3.02. The minimum absolute atomic E-state index is 0.0216. The van der Waals surface area contributed by atoms with E-state index in [2.05, 4.69) is 10.3 Å². The molecule has 2 heterocycles. The summed E-state index contributed by atoms with van der Waals surface area (Å²) < 4.78 is 10.9. The Kier molecular flexibility index (Phi) is 3.82. The van der Waals surface area contributed by atoms with Crippen molar-refractivity contribution >= 4 is 22.8 Å². The summed E-state index contributed by atoms with van der Waals surface area (Å²) in [5, 5.41) is 3.60. The maximum absolute atomic E-state index is 12.2. The molecule has 0 unspecified atom stereocenters. The van der Waals surface area contributed by atoms with Crippen LogP contribution in [-0.4, -0.2) is 37.1 Å². The van der Waals surface area contributed by atoms with E-state index in [1.165, 1.54) is 0 Å². The van der Waals surface area contributed by atoms with E-state index in [4.69, 9.17) is 9.47 Å². The number of nitrogens with zero attached hydrogens (tertiary/aromatic N) is 1. The first-order valence-electron chi connectivity index (χ1n) is 6.54. The molecule has 0 bridgehead atoms. The quantitative estimate of drug-likeness (QED) is 0.896. The molecule has 5 nitrogen and oxygen atoms in total. The summed E-state index contributed by atoms with van der Waals surface area (Å²) in [7, 11) is 1.63. The van der Waals surface area contributed by atoms with E-state index < -0.39 is 0 Å². The number of benzene rings is 1. The van der Waals surface area contributed by atoms with Gasteiger partial charge in [0.05, 0.1) is 19.6 Å². The predicted octanol–water partition coefficient (Wildman–Crippen LogP) is 1.47. The Morgan fingerprint density at radius 2 is 2.45 bits per heavy atom. The SMILES string of the molecule is COc1ccc2c(c1)C[C@@H](C(=O)NC1=NCCS1)CO2. The van der Waals surface area contributed by atoms with Crippen LogP contribution >= 0.6 is 11.8 Å². The summed E-state index contributed by atoms with van der Waals surface area (Å²) in [6, 6.07) is 5.68. The molecule has 2 aliphatic heterocycles. The highest BCUT2D eigenvalue weighted by atomic mass is 32.2. The summed E-state index contributed by atoms with van der Waals surface area (Å²) in [4.78, 5) is 16.4. The molecule has 1 atom stereocenters. The average Bonchev–Trinajstić information content (AvgIpc) is 2.99. The van der Waals surface area contributed by atoms with Crippen LogP contribution in [0.15, 0.2) is 23.2 Å². The topological polar surface area (TPSA) is 59.9 Å². The summed E-state index contributed by atoms with van der Waals surface area (Å²) in [5.41, 5.74) is 1.01. The largest absolute Gasteiger partial charge is 0.497 e. The monoisotopic (exact) mass is 292 g/mol. The van der Waals surface area contributed by atoms with Crippen molar-refractivity contribution < 1.29 is 14.3 Å². The summed E-state index contributed by atoms with van der Waals surface area (Å²) >= 11 is 1.58. The number of aliphatic imine (C=N–C) groups is 1. The van der Waals surface area contributed by atoms with Crippen LogP contribution in [-0.2, 0) is 11.2 Å². The Morgan fingerprint density at radius 1 is 1.55 bits per heavy atom. The molecule has 0 saturated heterocycles. The number of amides is 1. The van der Waals surface area contributed by atoms with Gasteiger partial charge in [-0.1, -0.05) is 11.8 Å². The first-order valence-corrected chi connectivity index (χ1v) is 7.52. The van der Waals surface area contributed by atoms with Crippen molar-refractivity contribution in [2.24, 2.45) is 10.9 Å². The molecule has 0 aliphatic carbocycles. The van der Waals surface area contributed by atoms with Gasteiger partial charge in [-0.15, -0.1) is 0 Å². The molecule has 6 heteroatoms. The molecule has 3 rings (SSSR count). The van der Waals surface area contributed by atoms with Crippen LogP contribution in [0.3, 0.4) is 0 Å². The summed E-state index contributed by atoms with van der Waals surface area (Å²) in [5.74, 6) is 2.35. The normalized spacial score (nSPS) is 20.6. The summed E-state index contributed by atoms with van der Waals surface area (Å²) in [6.45, 7) is 1.19. The van der Waals surface area contributed by atoms with Gasteiger partial charge in [-0.05, 0) is 30.2 Å². The highest BCUT2D eigenvalue weighted by Gasteiger charge is 2.27. The number of thioether (sulfide) groups is 1. The van der Waals surface area contributed by atoms with Gasteiger partial charge < -0.3 is 14.8 Å². The van der Waals surface area contributed by atoms with Gasteiger partial charge in [-0.3, -0.25) is 9.79 Å². The highest BCUT2D eigenvalue weighted by Crippen LogP contribution is 2.30. The zero-order valence-electron chi connectivity index (χ0n) is 11.2. The molecule has 2 aliphatic rings. The number of fused-ring (bicyclic) bond motifs is 1. The van der Waals surface area contributed by atoms with Crippen molar-refractivity contribution in [2.45, 2.75) is 6.42 Å². The Morgan fingerprint density at radius 3 is 3.20 bits per heavy atom. The van der Waals surface area contributed by atoms with E-state index >= 15 is 0 Å². The number of methoxy groups -OCH3 is 1. The zero-order valence-corrected chi connectivity index (χ0v) is 12.0. The number of carbonyl (C=O) groups excluding carboxylic acids is 1. The number of amidine groups is 1. The number of hydrogen-bond donors (Lipinski definition) is 1. The lowest BCUT2D eigenvalue weighted by atomic mass is 9.96. The minimum atomic E-state index is -0.182. The molecule has 1 aromatic rings. The molecule has 106 valence electrons. The van der Waals surface area contributed by atoms with E-state index in [1.54, 1.807) is 18.9 Å². The van der Waals surface area contributed by atoms with E-state index in [9.17, 15) is 4.79 Å². The smallest absolute Gasteiger partial charge is 0.232 e. The molecule has 1 N–H and O–H groups in total. The van der Waals surface area contributed by atoms with Gasteiger partial charge in [0.15, 0.2) is 5.17 Å². The Hall–Kier alpha value is -1.69. The standard InChI is InChI=1S/C14H16N2O3S/c1-18-11-2-3-12-9(7-11)6-10(8-19-12)13(17)16-14-15-4-5-20-14/h2-3,7,10H,4-6,8H2,1H3,(H,15,16,17)/t10-/m1/s1. The lowest BCUT2D eigenvalue weighted by molar-refractivity contribution is -0.124. The number of ether oxygens (including phenoxy) is 2. The third-order valence-electron chi connectivity index (χ3n) is 3.36. The minimum Gasteiger partial charge on any atom is -0.497 e. The molecular formula is C14H16N2O3S. The number of hydrogen-bond acceptors (Lipinski definition) is 5. The Balaban J connectivity index is 1.69. The zero-order chi connectivity index (χ0) is 13.9. The molecule has 0 saturated carbocycles. The van der Waals surface area contributed by atoms with Crippen LogP contribution < -0.4 is 14.8 Å². The molecule has 0 radical (unpaired) electrons. The molecule has 1 aromatic carbocycles. The van der Waals surface area contributed by atoms with Crippen LogP contribution in [0.4, 0.5) is 0 Å². The van der Waals surface area contributed by atoms with Gasteiger partial charge in [0.1, 0.15) is 18.1 Å². The van der Waals surface area contributed by atoms with Crippen LogP contribution in [0.2, 0.25) is 0 Å². The first kappa shape index (κ1) is 13.3. The lowest BCUT2D eigenvalue weighted by Gasteiger charge is -2.24. The van der Waals surface area contributed by atoms with Crippen LogP contribution in [0.5, 0.6) is 11.5 Å². The van der Waals surface area contributed by atoms with Crippen LogP contribution in [0.1, 0.15) is 5.56 Å². The van der Waals surface area contributed by atoms with Crippen molar-refractivity contribution in [1.82, 2.24) is 5.32 Å². The van der Waals surface area contributed by atoms with E-state index in [0.717, 1.165) is 34.5 Å². The van der Waals surface area contributed by atoms with Crippen LogP contribution in [0, 0.1) is 5.92 Å². The fourth-order valence-electron chi connectivity index (χ4n) is 2.28. The lowest BCUT2D eigenvalue weighted by Crippen LogP contribution is -2.39. The molecular weight excluding hydrogens is 276 g/mol. The van der Waals surface area contributed by atoms with E-state index in [0.29, 0.717) is 13.0 Å². The molecule has 0 fully saturated rings. The van der Waals surface area contributed by atoms with Crippen molar-refractivity contribution in [3.63, 3.8) is 0 Å². The number of nitrogens with one attached hydrogen (secondary N) is 1. The van der Waals surface area contributed by atoms with Crippen molar-refractivity contribution in [2.75, 3.05) is 26.0 Å². The molecule has 1 amide bonds. The molecule has 0 spiro atoms. The van der Waals surface area contributed by atoms with Gasteiger partial charge in [-0.2, -0.15) is 0 Å². The number of rotatable bonds is 2. The predicted molar refractivity (Wildman–Crippen MR) is 78.6 cm³/mol. The second kappa shape index (κ2) is 5.75. The van der Waals surface area contributed by atoms with Crippen molar-refractivity contribution in [3.8, 4) is 11.5 Å². The van der Waals surface area contributed by atoms with Gasteiger partial charge in [0, 0.05) is 5.75 Å². The molecule has 20 heavy (non-hydrogen) atoms. The van der Waals surface area contributed by atoms with Crippen LogP contribution in [0.25, 0.3) is 0 Å².